The fourth-order valence-corrected chi connectivity index (χ4v) is 3.19. The summed E-state index contributed by atoms with van der Waals surface area (Å²) in [6.45, 7) is 0.626. The summed E-state index contributed by atoms with van der Waals surface area (Å²) >= 11 is 1.60. The Labute approximate surface area is 141 Å². The van der Waals surface area contributed by atoms with Crippen LogP contribution in [0.3, 0.4) is 0 Å². The first-order valence-corrected chi connectivity index (χ1v) is 8.43. The molecule has 0 saturated carbocycles. The van der Waals surface area contributed by atoms with E-state index in [1.165, 1.54) is 0 Å². The van der Waals surface area contributed by atoms with Crippen LogP contribution in [0.4, 0.5) is 0 Å². The number of aromatic amines is 1. The molecule has 7 heteroatoms. The van der Waals surface area contributed by atoms with E-state index in [9.17, 15) is 4.79 Å². The van der Waals surface area contributed by atoms with Gasteiger partial charge in [-0.25, -0.2) is 4.79 Å². The molecule has 3 aromatic rings. The molecule has 1 aliphatic heterocycles. The van der Waals surface area contributed by atoms with Crippen molar-refractivity contribution < 1.29 is 4.42 Å². The lowest BCUT2D eigenvalue weighted by Crippen LogP contribution is -2.25. The number of nitrogens with one attached hydrogen (secondary N) is 2. The number of amidine groups is 1. The molecular weight excluding hydrogens is 324 g/mol. The molecule has 0 fully saturated rings. The summed E-state index contributed by atoms with van der Waals surface area (Å²) < 4.78 is 5.09. The van der Waals surface area contributed by atoms with E-state index < -0.39 is 5.76 Å². The Morgan fingerprint density at radius 3 is 2.88 bits per heavy atom. The van der Waals surface area contributed by atoms with Gasteiger partial charge in [-0.1, -0.05) is 48.2 Å². The zero-order valence-corrected chi connectivity index (χ0v) is 13.5. The van der Waals surface area contributed by atoms with Gasteiger partial charge in [0.15, 0.2) is 10.8 Å². The summed E-state index contributed by atoms with van der Waals surface area (Å²) in [5.74, 6) is 0.261. The SMILES string of the molecule is O=c1[nH]c2ccc(C3=NNC(=NCc4ccccc4)SC3)cc2o1. The third kappa shape index (κ3) is 3.11. The molecular formula is C17H14N4O2S. The number of nitrogens with zero attached hydrogens (tertiary/aromatic N) is 2. The third-order valence-electron chi connectivity index (χ3n) is 3.63. The van der Waals surface area contributed by atoms with Gasteiger partial charge in [0, 0.05) is 11.3 Å². The minimum atomic E-state index is -0.449. The first-order chi connectivity index (χ1) is 11.8. The van der Waals surface area contributed by atoms with Gasteiger partial charge in [-0.2, -0.15) is 5.10 Å². The summed E-state index contributed by atoms with van der Waals surface area (Å²) in [5, 5.41) is 5.19. The van der Waals surface area contributed by atoms with Crippen LogP contribution < -0.4 is 11.2 Å². The van der Waals surface area contributed by atoms with Crippen molar-refractivity contribution in [2.45, 2.75) is 6.54 Å². The molecule has 6 nitrogen and oxygen atoms in total. The molecule has 24 heavy (non-hydrogen) atoms. The van der Waals surface area contributed by atoms with E-state index in [4.69, 9.17) is 4.42 Å². The van der Waals surface area contributed by atoms with E-state index in [1.807, 2.05) is 48.5 Å². The highest BCUT2D eigenvalue weighted by Gasteiger charge is 2.14. The van der Waals surface area contributed by atoms with Crippen LogP contribution in [-0.2, 0) is 6.54 Å². The van der Waals surface area contributed by atoms with E-state index in [-0.39, 0.29) is 0 Å². The summed E-state index contributed by atoms with van der Waals surface area (Å²) in [6.07, 6.45) is 0. The van der Waals surface area contributed by atoms with Gasteiger partial charge >= 0.3 is 5.76 Å². The van der Waals surface area contributed by atoms with Gasteiger partial charge in [-0.05, 0) is 17.7 Å². The molecule has 0 unspecified atom stereocenters. The van der Waals surface area contributed by atoms with E-state index in [0.717, 1.165) is 22.0 Å². The molecule has 0 atom stereocenters. The highest BCUT2D eigenvalue weighted by atomic mass is 32.2. The topological polar surface area (TPSA) is 82.8 Å². The number of aliphatic imine (C=N–C) groups is 1. The smallest absolute Gasteiger partial charge is 0.408 e. The minimum Gasteiger partial charge on any atom is -0.408 e. The first kappa shape index (κ1) is 14.8. The van der Waals surface area contributed by atoms with Crippen LogP contribution in [0.5, 0.6) is 0 Å². The van der Waals surface area contributed by atoms with Crippen molar-refractivity contribution in [1.82, 2.24) is 10.4 Å². The lowest BCUT2D eigenvalue weighted by atomic mass is 10.1. The standard InChI is InChI=1S/C17H14N4O2S/c22-17-19-13-7-6-12(8-15(13)23-17)14-10-24-16(21-20-14)18-9-11-4-2-1-3-5-11/h1-8H,9-10H2,(H,18,21)(H,19,22). The van der Waals surface area contributed by atoms with E-state index in [1.54, 1.807) is 11.8 Å². The molecule has 2 heterocycles. The molecule has 0 bridgehead atoms. The molecule has 120 valence electrons. The zero-order valence-electron chi connectivity index (χ0n) is 12.7. The van der Waals surface area contributed by atoms with Crippen molar-refractivity contribution in [1.29, 1.82) is 0 Å². The van der Waals surface area contributed by atoms with Gasteiger partial charge in [0.25, 0.3) is 0 Å². The largest absolute Gasteiger partial charge is 0.417 e. The Hall–Kier alpha value is -2.80. The molecule has 1 aromatic heterocycles. The average molecular weight is 338 g/mol. The third-order valence-corrected chi connectivity index (χ3v) is 4.55. The molecule has 0 spiro atoms. The molecule has 0 amide bonds. The van der Waals surface area contributed by atoms with Crippen molar-refractivity contribution >= 4 is 33.7 Å². The fourth-order valence-electron chi connectivity index (χ4n) is 2.42. The number of H-pyrrole nitrogens is 1. The fraction of sp³-hybridized carbons (Fsp3) is 0.118. The van der Waals surface area contributed by atoms with E-state index in [2.05, 4.69) is 20.5 Å². The number of aromatic nitrogens is 1. The number of fused-ring (bicyclic) bond motifs is 1. The number of oxazole rings is 1. The summed E-state index contributed by atoms with van der Waals surface area (Å²) in [6, 6.07) is 15.6. The number of hydrazone groups is 1. The Bertz CT molecular complexity index is 988. The second-order valence-corrected chi connectivity index (χ2v) is 6.26. The Balaban J connectivity index is 1.50. The van der Waals surface area contributed by atoms with Gasteiger partial charge in [-0.3, -0.25) is 15.4 Å². The molecule has 2 N–H and O–H groups in total. The Morgan fingerprint density at radius 2 is 2.08 bits per heavy atom. The van der Waals surface area contributed by atoms with Crippen LogP contribution in [0.25, 0.3) is 11.1 Å². The first-order valence-electron chi connectivity index (χ1n) is 7.45. The number of hydrogen-bond donors (Lipinski definition) is 2. The van der Waals surface area contributed by atoms with Gasteiger partial charge < -0.3 is 4.42 Å². The van der Waals surface area contributed by atoms with Crippen molar-refractivity contribution in [2.24, 2.45) is 10.1 Å². The lowest BCUT2D eigenvalue weighted by Gasteiger charge is -2.14. The van der Waals surface area contributed by atoms with Gasteiger partial charge in [0.05, 0.1) is 17.8 Å². The monoisotopic (exact) mass is 338 g/mol. The maximum absolute atomic E-state index is 11.2. The quantitative estimate of drug-likeness (QED) is 0.769. The molecule has 0 radical (unpaired) electrons. The maximum atomic E-state index is 11.2. The summed E-state index contributed by atoms with van der Waals surface area (Å²) in [5.41, 5.74) is 7.19. The van der Waals surface area contributed by atoms with Gasteiger partial charge in [0.2, 0.25) is 0 Å². The second-order valence-electron chi connectivity index (χ2n) is 5.29. The normalized spacial score (nSPS) is 16.2. The Kier molecular flexibility index (Phi) is 3.92. The van der Waals surface area contributed by atoms with Gasteiger partial charge in [-0.15, -0.1) is 0 Å². The van der Waals surface area contributed by atoms with Crippen LogP contribution in [0.2, 0.25) is 0 Å². The summed E-state index contributed by atoms with van der Waals surface area (Å²) in [7, 11) is 0. The molecule has 0 saturated heterocycles. The van der Waals surface area contributed by atoms with Crippen molar-refractivity contribution in [2.75, 3.05) is 5.75 Å². The zero-order chi connectivity index (χ0) is 16.4. The number of benzene rings is 2. The van der Waals surface area contributed by atoms with Crippen molar-refractivity contribution in [3.05, 3.63) is 70.2 Å². The van der Waals surface area contributed by atoms with Crippen molar-refractivity contribution in [3.8, 4) is 0 Å². The van der Waals surface area contributed by atoms with Crippen LogP contribution in [0, 0.1) is 0 Å². The Morgan fingerprint density at radius 1 is 1.21 bits per heavy atom. The summed E-state index contributed by atoms with van der Waals surface area (Å²) in [4.78, 5) is 18.4. The molecule has 1 aliphatic rings. The highest BCUT2D eigenvalue weighted by molar-refractivity contribution is 8.14. The molecule has 0 aliphatic carbocycles. The van der Waals surface area contributed by atoms with E-state index >= 15 is 0 Å². The van der Waals surface area contributed by atoms with E-state index in [0.29, 0.717) is 23.4 Å². The number of hydrogen-bond acceptors (Lipinski definition) is 5. The second kappa shape index (κ2) is 6.37. The maximum Gasteiger partial charge on any atom is 0.417 e. The minimum absolute atomic E-state index is 0.449. The predicted octanol–water partition coefficient (Wildman–Crippen LogP) is 2.72. The molecule has 4 rings (SSSR count). The lowest BCUT2D eigenvalue weighted by molar-refractivity contribution is 0.555. The highest BCUT2D eigenvalue weighted by Crippen LogP contribution is 2.18. The number of rotatable bonds is 3. The van der Waals surface area contributed by atoms with Crippen LogP contribution in [0.1, 0.15) is 11.1 Å². The van der Waals surface area contributed by atoms with Gasteiger partial charge in [0.1, 0.15) is 0 Å². The number of thioether (sulfide) groups is 1. The van der Waals surface area contributed by atoms with Crippen LogP contribution in [-0.4, -0.2) is 21.6 Å². The van der Waals surface area contributed by atoms with Crippen LogP contribution in [0.15, 0.2) is 67.8 Å². The van der Waals surface area contributed by atoms with Crippen LogP contribution >= 0.6 is 11.8 Å². The predicted molar refractivity (Wildman–Crippen MR) is 96.5 cm³/mol. The average Bonchev–Trinajstić information content (AvgIpc) is 3.00. The van der Waals surface area contributed by atoms with Crippen molar-refractivity contribution in [3.63, 3.8) is 0 Å². The molecule has 2 aromatic carbocycles.